The van der Waals surface area contributed by atoms with E-state index in [2.05, 4.69) is 5.32 Å². The van der Waals surface area contributed by atoms with Gasteiger partial charge in [0.15, 0.2) is 0 Å². The van der Waals surface area contributed by atoms with Crippen molar-refractivity contribution < 1.29 is 10.2 Å². The Morgan fingerprint density at radius 2 is 0.780 bits per heavy atom. The van der Waals surface area contributed by atoms with Gasteiger partial charge in [-0.05, 0) is 112 Å². The average molecular weight is 645 g/mol. The van der Waals surface area contributed by atoms with E-state index < -0.39 is 0 Å². The molecule has 0 heterocycles. The van der Waals surface area contributed by atoms with Gasteiger partial charge >= 0.3 is 0 Å². The SMILES string of the molecule is C1CCC(P(CCNCCP(C2CCCCC2)C2CCCCC2)C2CCCCC2)CC1.Oc1ccc(O)c(Cl)c1Cl. The zero-order chi connectivity index (χ0) is 28.9. The second kappa shape index (κ2) is 18.9. The van der Waals surface area contributed by atoms with Crippen LogP contribution in [0.1, 0.15) is 128 Å². The van der Waals surface area contributed by atoms with Crippen LogP contribution in [-0.4, -0.2) is 58.3 Å². The molecule has 4 saturated carbocycles. The number of hydrogen-bond acceptors (Lipinski definition) is 3. The largest absolute Gasteiger partial charge is 0.506 e. The van der Waals surface area contributed by atoms with E-state index in [1.807, 2.05) is 0 Å². The average Bonchev–Trinajstić information content (AvgIpc) is 3.03. The van der Waals surface area contributed by atoms with E-state index in [0.717, 1.165) is 22.6 Å². The lowest BCUT2D eigenvalue weighted by atomic mass is 9.99. The summed E-state index contributed by atoms with van der Waals surface area (Å²) < 4.78 is 0. The van der Waals surface area contributed by atoms with Crippen molar-refractivity contribution in [3.05, 3.63) is 22.2 Å². The number of phenolic OH excluding ortho intramolecular Hbond substituents is 2. The van der Waals surface area contributed by atoms with Gasteiger partial charge < -0.3 is 15.5 Å². The minimum atomic E-state index is -0.135. The molecule has 4 fully saturated rings. The lowest BCUT2D eigenvalue weighted by Crippen LogP contribution is -2.29. The summed E-state index contributed by atoms with van der Waals surface area (Å²) in [6.45, 7) is 2.69. The topological polar surface area (TPSA) is 52.5 Å². The van der Waals surface area contributed by atoms with Crippen LogP contribution in [0.15, 0.2) is 12.1 Å². The Kier molecular flexibility index (Phi) is 15.7. The normalized spacial score (nSPS) is 22.1. The summed E-state index contributed by atoms with van der Waals surface area (Å²) in [5.74, 6) is -0.270. The van der Waals surface area contributed by atoms with Crippen LogP contribution < -0.4 is 5.32 Å². The van der Waals surface area contributed by atoms with E-state index in [1.54, 1.807) is 63.7 Å². The van der Waals surface area contributed by atoms with Gasteiger partial charge in [-0.3, -0.25) is 0 Å². The molecular weight excluding hydrogens is 587 g/mol. The molecule has 41 heavy (non-hydrogen) atoms. The van der Waals surface area contributed by atoms with Crippen LogP contribution in [0.2, 0.25) is 10.0 Å². The Morgan fingerprint density at radius 3 is 1.05 bits per heavy atom. The van der Waals surface area contributed by atoms with E-state index in [1.165, 1.54) is 102 Å². The van der Waals surface area contributed by atoms with Crippen molar-refractivity contribution in [3.63, 3.8) is 0 Å². The predicted octanol–water partition coefficient (Wildman–Crippen LogP) is 11.3. The number of rotatable bonds is 10. The molecule has 0 aliphatic heterocycles. The summed E-state index contributed by atoms with van der Waals surface area (Å²) >= 11 is 10.9. The van der Waals surface area contributed by atoms with Crippen LogP contribution in [-0.2, 0) is 0 Å². The molecule has 0 bridgehead atoms. The van der Waals surface area contributed by atoms with Crippen molar-refractivity contribution in [2.24, 2.45) is 0 Å². The first-order valence-electron chi connectivity index (χ1n) is 17.1. The molecule has 0 spiro atoms. The first kappa shape index (κ1) is 34.1. The van der Waals surface area contributed by atoms with Gasteiger partial charge in [-0.2, -0.15) is 0 Å². The van der Waals surface area contributed by atoms with E-state index in [9.17, 15) is 0 Å². The molecule has 0 radical (unpaired) electrons. The van der Waals surface area contributed by atoms with E-state index in [0.29, 0.717) is 0 Å². The van der Waals surface area contributed by atoms with E-state index in [-0.39, 0.29) is 37.4 Å². The van der Waals surface area contributed by atoms with Gasteiger partial charge in [-0.1, -0.05) is 116 Å². The molecular formula is C34H57Cl2NO2P2. The molecule has 0 atom stereocenters. The van der Waals surface area contributed by atoms with Crippen LogP contribution in [0.4, 0.5) is 0 Å². The minimum absolute atomic E-state index is 0.0262. The summed E-state index contributed by atoms with van der Waals surface area (Å²) in [6.07, 6.45) is 34.1. The van der Waals surface area contributed by atoms with Crippen LogP contribution in [0.5, 0.6) is 11.5 Å². The highest BCUT2D eigenvalue weighted by Crippen LogP contribution is 2.56. The zero-order valence-electron chi connectivity index (χ0n) is 25.5. The van der Waals surface area contributed by atoms with Gasteiger partial charge in [0.2, 0.25) is 0 Å². The smallest absolute Gasteiger partial charge is 0.135 e. The summed E-state index contributed by atoms with van der Waals surface area (Å²) in [4.78, 5) is 0. The fraction of sp³-hybridized carbons (Fsp3) is 0.824. The van der Waals surface area contributed by atoms with Crippen LogP contribution in [0.3, 0.4) is 0 Å². The molecule has 3 N–H and O–H groups in total. The van der Waals surface area contributed by atoms with E-state index in [4.69, 9.17) is 33.4 Å². The standard InChI is InChI=1S/C28H53NP2.C6H4Cl2O2/c1-5-13-25(14-6-1)30(26-15-7-2-8-16-26)23-21-29-22-24-31(27-17-9-3-10-18-27)28-19-11-4-12-20-28;7-5-3(9)1-2-4(10)6(5)8/h25-29H,1-24H2;1-2,9-10H. The molecule has 1 aromatic rings. The molecule has 7 heteroatoms. The summed E-state index contributed by atoms with van der Waals surface area (Å²) in [5.41, 5.74) is 4.54. The molecule has 3 nitrogen and oxygen atoms in total. The number of benzene rings is 1. The fourth-order valence-electron chi connectivity index (χ4n) is 8.05. The van der Waals surface area contributed by atoms with Crippen molar-refractivity contribution in [1.29, 1.82) is 0 Å². The fourth-order valence-corrected chi connectivity index (χ4v) is 16.0. The molecule has 4 aliphatic carbocycles. The summed E-state index contributed by atoms with van der Waals surface area (Å²) in [7, 11) is 0.579. The number of hydrogen-bond donors (Lipinski definition) is 3. The summed E-state index contributed by atoms with van der Waals surface area (Å²) in [5, 5.41) is 21.8. The lowest BCUT2D eigenvalue weighted by molar-refractivity contribution is 0.460. The first-order chi connectivity index (χ1) is 20.0. The Balaban J connectivity index is 0.000000328. The predicted molar refractivity (Wildman–Crippen MR) is 184 cm³/mol. The van der Waals surface area contributed by atoms with E-state index >= 15 is 0 Å². The highest BCUT2D eigenvalue weighted by molar-refractivity contribution is 7.59. The molecule has 234 valence electrons. The molecule has 0 unspecified atom stereocenters. The maximum Gasteiger partial charge on any atom is 0.135 e. The summed E-state index contributed by atoms with van der Waals surface area (Å²) in [6, 6.07) is 2.53. The van der Waals surface area contributed by atoms with Crippen molar-refractivity contribution >= 4 is 39.0 Å². The quantitative estimate of drug-likeness (QED) is 0.135. The number of aromatic hydroxyl groups is 2. The molecule has 0 amide bonds. The second-order valence-electron chi connectivity index (χ2n) is 13.1. The van der Waals surface area contributed by atoms with Crippen LogP contribution in [0.25, 0.3) is 0 Å². The third-order valence-electron chi connectivity index (χ3n) is 10.3. The highest BCUT2D eigenvalue weighted by atomic mass is 35.5. The molecule has 5 rings (SSSR count). The van der Waals surface area contributed by atoms with Gasteiger partial charge in [0.25, 0.3) is 0 Å². The number of phenols is 2. The van der Waals surface area contributed by atoms with Gasteiger partial charge in [0.1, 0.15) is 21.5 Å². The Morgan fingerprint density at radius 1 is 0.512 bits per heavy atom. The molecule has 0 saturated heterocycles. The highest BCUT2D eigenvalue weighted by Gasteiger charge is 2.32. The van der Waals surface area contributed by atoms with Gasteiger partial charge in [0.05, 0.1) is 0 Å². The minimum Gasteiger partial charge on any atom is -0.506 e. The number of nitrogens with one attached hydrogen (secondary N) is 1. The van der Waals surface area contributed by atoms with Crippen molar-refractivity contribution in [3.8, 4) is 11.5 Å². The maximum atomic E-state index is 8.90. The van der Waals surface area contributed by atoms with Gasteiger partial charge in [-0.15, -0.1) is 0 Å². The Labute approximate surface area is 263 Å². The third-order valence-corrected chi connectivity index (χ3v) is 18.5. The first-order valence-corrected chi connectivity index (χ1v) is 21.2. The number of halogens is 2. The Bertz CT molecular complexity index is 762. The van der Waals surface area contributed by atoms with Crippen molar-refractivity contribution in [2.45, 2.75) is 151 Å². The zero-order valence-corrected chi connectivity index (χ0v) is 28.8. The monoisotopic (exact) mass is 643 g/mol. The lowest BCUT2D eigenvalue weighted by Gasteiger charge is -2.39. The van der Waals surface area contributed by atoms with Crippen LogP contribution in [0, 0.1) is 0 Å². The molecule has 1 aromatic carbocycles. The van der Waals surface area contributed by atoms with Gasteiger partial charge in [0, 0.05) is 0 Å². The molecule has 4 aliphatic rings. The maximum absolute atomic E-state index is 8.90. The Hall–Kier alpha value is 0.220. The van der Waals surface area contributed by atoms with Gasteiger partial charge in [-0.25, -0.2) is 0 Å². The third kappa shape index (κ3) is 11.0. The second-order valence-corrected chi connectivity index (χ2v) is 19.8. The van der Waals surface area contributed by atoms with Crippen LogP contribution >= 0.6 is 39.0 Å². The van der Waals surface area contributed by atoms with Crippen molar-refractivity contribution in [1.82, 2.24) is 5.32 Å². The molecule has 0 aromatic heterocycles. The van der Waals surface area contributed by atoms with Crippen molar-refractivity contribution in [2.75, 3.05) is 25.4 Å².